The van der Waals surface area contributed by atoms with Crippen LogP contribution < -0.4 is 5.56 Å². The molecule has 1 radical (unpaired) electrons. The number of hydrogen-bond donors (Lipinski definition) is 0. The van der Waals surface area contributed by atoms with Gasteiger partial charge in [0, 0.05) is 25.5 Å². The van der Waals surface area contributed by atoms with Gasteiger partial charge in [0.05, 0.1) is 12.0 Å². The minimum Gasteiger partial charge on any atom is -0.369 e. The van der Waals surface area contributed by atoms with Gasteiger partial charge in [-0.2, -0.15) is 18.2 Å². The molecule has 0 bridgehead atoms. The number of alkyl halides is 3. The molecule has 28 heavy (non-hydrogen) atoms. The first-order valence-corrected chi connectivity index (χ1v) is 8.05. The van der Waals surface area contributed by atoms with E-state index in [0.717, 1.165) is 16.7 Å². The van der Waals surface area contributed by atoms with Crippen LogP contribution in [0.2, 0.25) is 0 Å². The topological polar surface area (TPSA) is 67.6 Å². The first-order valence-electron chi connectivity index (χ1n) is 8.05. The Morgan fingerprint density at radius 3 is 2.46 bits per heavy atom. The number of benzene rings is 1. The highest BCUT2D eigenvalue weighted by atomic mass is 19.4. The first-order chi connectivity index (χ1) is 13.2. The Morgan fingerprint density at radius 2 is 1.86 bits per heavy atom. The van der Waals surface area contributed by atoms with E-state index < -0.39 is 28.9 Å². The molecule has 3 rings (SSSR count). The molecule has 0 spiro atoms. The average molecular weight is 387 g/mol. The Bertz CT molecular complexity index is 1120. The van der Waals surface area contributed by atoms with Crippen LogP contribution in [-0.2, 0) is 6.18 Å². The number of halogens is 3. The van der Waals surface area contributed by atoms with Gasteiger partial charge in [-0.1, -0.05) is 18.2 Å². The second-order valence-corrected chi connectivity index (χ2v) is 6.05. The third-order valence-corrected chi connectivity index (χ3v) is 3.69. The monoisotopic (exact) mass is 387 g/mol. The fourth-order valence-corrected chi connectivity index (χ4v) is 2.46. The van der Waals surface area contributed by atoms with Gasteiger partial charge in [0.25, 0.3) is 11.5 Å². The van der Waals surface area contributed by atoms with E-state index >= 15 is 0 Å². The lowest BCUT2D eigenvalue weighted by Gasteiger charge is -2.13. The number of para-hydroxylation sites is 1. The van der Waals surface area contributed by atoms with Crippen molar-refractivity contribution in [3.63, 3.8) is 0 Å². The predicted molar refractivity (Wildman–Crippen MR) is 97.7 cm³/mol. The van der Waals surface area contributed by atoms with Crippen molar-refractivity contribution in [3.8, 4) is 5.69 Å². The summed E-state index contributed by atoms with van der Waals surface area (Å²) in [7, 11) is 3.29. The number of carbonyl (C=O) groups excluding carboxylic acids is 1. The Kier molecular flexibility index (Phi) is 5.00. The number of rotatable bonds is 3. The molecule has 1 amide bonds. The Balaban J connectivity index is 2.34. The molecule has 6 nitrogen and oxygen atoms in total. The zero-order chi connectivity index (χ0) is 20.5. The Labute approximate surface area is 157 Å². The van der Waals surface area contributed by atoms with E-state index in [1.807, 2.05) is 0 Å². The van der Waals surface area contributed by atoms with Gasteiger partial charge < -0.3 is 4.90 Å². The zero-order valence-electron chi connectivity index (χ0n) is 14.9. The molecule has 143 valence electrons. The summed E-state index contributed by atoms with van der Waals surface area (Å²) in [5.41, 5.74) is -2.38. The Morgan fingerprint density at radius 1 is 1.18 bits per heavy atom. The van der Waals surface area contributed by atoms with Crippen molar-refractivity contribution in [2.75, 3.05) is 14.1 Å². The smallest absolute Gasteiger partial charge is 0.369 e. The molecule has 0 aliphatic rings. The van der Waals surface area contributed by atoms with E-state index in [4.69, 9.17) is 0 Å². The Hall–Kier alpha value is -3.49. The number of hydrogen-bond acceptors (Lipinski definition) is 3. The number of amides is 1. The van der Waals surface area contributed by atoms with Gasteiger partial charge in [-0.05, 0) is 24.3 Å². The minimum absolute atomic E-state index is 0.0832. The maximum atomic E-state index is 13.1. The molecule has 2 heterocycles. The number of carbonyl (C=O) groups is 1. The molecule has 1 aromatic carbocycles. The number of pyridine rings is 2. The molecule has 9 heteroatoms. The molecule has 0 saturated heterocycles. The fourth-order valence-electron chi connectivity index (χ4n) is 2.46. The molecule has 3 aromatic rings. The van der Waals surface area contributed by atoms with E-state index in [2.05, 4.69) is 16.0 Å². The predicted octanol–water partition coefficient (Wildman–Crippen LogP) is 2.93. The maximum absolute atomic E-state index is 13.1. The van der Waals surface area contributed by atoms with Crippen LogP contribution in [0.1, 0.15) is 16.1 Å². The van der Waals surface area contributed by atoms with Crippen LogP contribution in [0.4, 0.5) is 13.2 Å². The lowest BCUT2D eigenvalue weighted by molar-refractivity contribution is -0.141. The highest BCUT2D eigenvalue weighted by molar-refractivity contribution is 6.00. The van der Waals surface area contributed by atoms with Crippen LogP contribution in [0.5, 0.6) is 0 Å². The average Bonchev–Trinajstić information content (AvgIpc) is 2.65. The van der Waals surface area contributed by atoms with Crippen molar-refractivity contribution in [2.24, 2.45) is 4.99 Å². The van der Waals surface area contributed by atoms with Gasteiger partial charge in [0.15, 0.2) is 0 Å². The van der Waals surface area contributed by atoms with Crippen molar-refractivity contribution in [3.05, 3.63) is 70.1 Å². The zero-order valence-corrected chi connectivity index (χ0v) is 14.9. The summed E-state index contributed by atoms with van der Waals surface area (Å²) in [6.07, 6.45) is -3.46. The summed E-state index contributed by atoms with van der Waals surface area (Å²) < 4.78 is 40.2. The van der Waals surface area contributed by atoms with Crippen LogP contribution in [0.25, 0.3) is 16.7 Å². The molecule has 0 N–H and O–H groups in total. The number of nitrogens with zero attached hydrogens (tertiary/aromatic N) is 4. The SMILES string of the molecule is CN(C)C=NC(=O)c1[c]c2ccc(C(F)(F)F)nc2n(-c2ccccc2)c1=O. The molecule has 0 saturated carbocycles. The van der Waals surface area contributed by atoms with Crippen LogP contribution in [0.15, 0.2) is 52.3 Å². The quantitative estimate of drug-likeness (QED) is 0.512. The number of aromatic nitrogens is 2. The maximum Gasteiger partial charge on any atom is 0.433 e. The standard InChI is InChI=1S/C19H14F3N4O2/c1-25(2)11-23-17(27)14-10-12-8-9-15(19(20,21)22)24-16(12)26(18(14)28)13-6-4-3-5-7-13/h3-9,11H,1-2H3. The van der Waals surface area contributed by atoms with Crippen molar-refractivity contribution >= 4 is 23.3 Å². The summed E-state index contributed by atoms with van der Waals surface area (Å²) in [5.74, 6) is -0.856. The number of aliphatic imine (C=N–C) groups is 1. The van der Waals surface area contributed by atoms with E-state index in [-0.39, 0.29) is 16.7 Å². The summed E-state index contributed by atoms with van der Waals surface area (Å²) >= 11 is 0. The molecule has 0 unspecified atom stereocenters. The number of fused-ring (bicyclic) bond motifs is 1. The van der Waals surface area contributed by atoms with E-state index in [0.29, 0.717) is 0 Å². The highest BCUT2D eigenvalue weighted by Gasteiger charge is 2.33. The van der Waals surface area contributed by atoms with Gasteiger partial charge in [0.1, 0.15) is 16.9 Å². The van der Waals surface area contributed by atoms with Crippen molar-refractivity contribution in [1.29, 1.82) is 0 Å². The summed E-state index contributed by atoms with van der Waals surface area (Å²) in [4.78, 5) is 34.1. The van der Waals surface area contributed by atoms with E-state index in [1.165, 1.54) is 23.4 Å². The molecule has 2 aromatic heterocycles. The third-order valence-electron chi connectivity index (χ3n) is 3.69. The highest BCUT2D eigenvalue weighted by Crippen LogP contribution is 2.29. The van der Waals surface area contributed by atoms with Crippen molar-refractivity contribution < 1.29 is 18.0 Å². The van der Waals surface area contributed by atoms with Crippen LogP contribution in [-0.4, -0.2) is 40.8 Å². The summed E-state index contributed by atoms with van der Waals surface area (Å²) in [6, 6.07) is 12.4. The van der Waals surface area contributed by atoms with Crippen molar-refractivity contribution in [2.45, 2.75) is 6.18 Å². The van der Waals surface area contributed by atoms with Crippen LogP contribution >= 0.6 is 0 Å². The van der Waals surface area contributed by atoms with E-state index in [1.54, 1.807) is 32.3 Å². The molecule has 0 atom stereocenters. The van der Waals surface area contributed by atoms with Gasteiger partial charge in [0.2, 0.25) is 0 Å². The van der Waals surface area contributed by atoms with Crippen LogP contribution in [0.3, 0.4) is 0 Å². The summed E-state index contributed by atoms with van der Waals surface area (Å²) in [5, 5.41) is 0.0832. The lowest BCUT2D eigenvalue weighted by Crippen LogP contribution is -2.26. The lowest BCUT2D eigenvalue weighted by atomic mass is 10.1. The van der Waals surface area contributed by atoms with Gasteiger partial charge in [-0.25, -0.2) is 4.98 Å². The van der Waals surface area contributed by atoms with Gasteiger partial charge in [-0.3, -0.25) is 14.2 Å². The molecule has 0 aliphatic heterocycles. The van der Waals surface area contributed by atoms with Gasteiger partial charge in [-0.15, -0.1) is 0 Å². The molecular formula is C19H14F3N4O2. The van der Waals surface area contributed by atoms with Crippen LogP contribution in [0, 0.1) is 6.07 Å². The normalized spacial score (nSPS) is 11.9. The molecule has 0 aliphatic carbocycles. The third kappa shape index (κ3) is 3.78. The second-order valence-electron chi connectivity index (χ2n) is 6.05. The molecule has 0 fully saturated rings. The van der Waals surface area contributed by atoms with Gasteiger partial charge >= 0.3 is 6.18 Å². The minimum atomic E-state index is -4.68. The first kappa shape index (κ1) is 19.3. The second kappa shape index (κ2) is 7.26. The summed E-state index contributed by atoms with van der Waals surface area (Å²) in [6.45, 7) is 0. The molecular weight excluding hydrogens is 373 g/mol. The largest absolute Gasteiger partial charge is 0.433 e. The fraction of sp³-hybridized carbons (Fsp3) is 0.158. The van der Waals surface area contributed by atoms with E-state index in [9.17, 15) is 22.8 Å². The van der Waals surface area contributed by atoms with Crippen molar-refractivity contribution in [1.82, 2.24) is 14.5 Å².